The maximum absolute atomic E-state index is 10.4. The first kappa shape index (κ1) is 26.4. The maximum Gasteiger partial charge on any atom is 0.0787 e. The molecule has 38 heavy (non-hydrogen) atoms. The first-order valence-electron chi connectivity index (χ1n) is 16.1. The number of methoxy groups -OCH3 is 1. The van der Waals surface area contributed by atoms with Crippen molar-refractivity contribution in [2.24, 2.45) is 45.8 Å². The molecule has 3 unspecified atom stereocenters. The van der Waals surface area contributed by atoms with Crippen LogP contribution in [0.15, 0.2) is 11.6 Å². The summed E-state index contributed by atoms with van der Waals surface area (Å²) in [6.45, 7) is 14.5. The van der Waals surface area contributed by atoms with Crippen molar-refractivity contribution in [2.45, 2.75) is 109 Å². The lowest BCUT2D eigenvalue weighted by molar-refractivity contribution is -0.148. The fraction of sp³-hybridized carbons (Fsp3) is 0.939. The zero-order valence-corrected chi connectivity index (χ0v) is 24.7. The molecule has 6 fully saturated rings. The van der Waals surface area contributed by atoms with Crippen LogP contribution in [0.1, 0.15) is 85.5 Å². The van der Waals surface area contributed by atoms with Gasteiger partial charge in [-0.15, -0.1) is 0 Å². The van der Waals surface area contributed by atoms with Crippen molar-refractivity contribution in [3.05, 3.63) is 11.6 Å². The summed E-state index contributed by atoms with van der Waals surface area (Å²) in [6, 6.07) is 0.526. The van der Waals surface area contributed by atoms with Gasteiger partial charge < -0.3 is 19.3 Å². The van der Waals surface area contributed by atoms with Gasteiger partial charge in [-0.3, -0.25) is 4.90 Å². The molecule has 0 aromatic rings. The number of fused-ring (bicyclic) bond motifs is 6. The second-order valence-corrected chi connectivity index (χ2v) is 15.3. The van der Waals surface area contributed by atoms with Crippen LogP contribution < -0.4 is 0 Å². The van der Waals surface area contributed by atoms with E-state index in [0.29, 0.717) is 53.4 Å². The minimum absolute atomic E-state index is 0.0332. The molecule has 5 nitrogen and oxygen atoms in total. The summed E-state index contributed by atoms with van der Waals surface area (Å²) in [5, 5.41) is 10.4. The minimum Gasteiger partial charge on any atom is -0.393 e. The number of aliphatic hydroxyl groups excluding tert-OH is 1. The van der Waals surface area contributed by atoms with Crippen LogP contribution in [-0.2, 0) is 14.2 Å². The molecule has 0 aromatic heterocycles. The lowest BCUT2D eigenvalue weighted by Crippen LogP contribution is -2.55. The standard InChI is InChI=1S/C33H53NO4/c1-21-16-28-29(34(19-21)12-13-37-15-14-36-5)22(2)33(38-28)11-9-26-25-7-6-23-17-24(35)8-10-30(23,3)27(25)18-32(26)20-31(32,33)4/h6,21-22,24-29,35H,7-20H2,1-5H3/t21-,22+,24-,25-,26-,27-,28+,29-,30-,31?,32?,33?/m0/s1. The van der Waals surface area contributed by atoms with Crippen LogP contribution in [0.4, 0.5) is 0 Å². The van der Waals surface area contributed by atoms with Crippen molar-refractivity contribution in [2.75, 3.05) is 40.0 Å². The monoisotopic (exact) mass is 527 g/mol. The zero-order valence-electron chi connectivity index (χ0n) is 24.7. The predicted octanol–water partition coefficient (Wildman–Crippen LogP) is 5.46. The number of hydrogen-bond donors (Lipinski definition) is 1. The Morgan fingerprint density at radius 3 is 2.76 bits per heavy atom. The van der Waals surface area contributed by atoms with E-state index in [1.807, 2.05) is 0 Å². The number of aliphatic hydroxyl groups is 1. The van der Waals surface area contributed by atoms with Crippen LogP contribution in [-0.4, -0.2) is 73.9 Å². The predicted molar refractivity (Wildman–Crippen MR) is 149 cm³/mol. The summed E-state index contributed by atoms with van der Waals surface area (Å²) < 4.78 is 18.6. The highest BCUT2D eigenvalue weighted by Gasteiger charge is 2.84. The Morgan fingerprint density at radius 1 is 1.11 bits per heavy atom. The highest BCUT2D eigenvalue weighted by Crippen LogP contribution is 2.87. The maximum atomic E-state index is 10.4. The van der Waals surface area contributed by atoms with E-state index in [4.69, 9.17) is 14.2 Å². The van der Waals surface area contributed by atoms with E-state index < -0.39 is 0 Å². The van der Waals surface area contributed by atoms with Crippen molar-refractivity contribution >= 4 is 0 Å². The van der Waals surface area contributed by atoms with E-state index in [2.05, 4.69) is 38.7 Å². The van der Waals surface area contributed by atoms with Gasteiger partial charge in [-0.05, 0) is 92.3 Å². The number of rotatable bonds is 6. The van der Waals surface area contributed by atoms with E-state index in [-0.39, 0.29) is 11.7 Å². The van der Waals surface area contributed by atoms with Gasteiger partial charge >= 0.3 is 0 Å². The highest BCUT2D eigenvalue weighted by molar-refractivity contribution is 5.36. The third-order valence-corrected chi connectivity index (χ3v) is 13.9. The van der Waals surface area contributed by atoms with Gasteiger partial charge in [0.25, 0.3) is 0 Å². The van der Waals surface area contributed by atoms with Crippen LogP contribution >= 0.6 is 0 Å². The Balaban J connectivity index is 1.13. The molecule has 2 spiro atoms. The van der Waals surface area contributed by atoms with Crippen LogP contribution in [0, 0.1) is 45.8 Å². The fourth-order valence-electron chi connectivity index (χ4n) is 12.1. The largest absolute Gasteiger partial charge is 0.393 e. The van der Waals surface area contributed by atoms with Crippen molar-refractivity contribution < 1.29 is 19.3 Å². The quantitative estimate of drug-likeness (QED) is 0.367. The van der Waals surface area contributed by atoms with E-state index in [9.17, 15) is 5.11 Å². The van der Waals surface area contributed by atoms with Gasteiger partial charge in [-0.2, -0.15) is 0 Å². The molecule has 1 N–H and O–H groups in total. The summed E-state index contributed by atoms with van der Waals surface area (Å²) in [4.78, 5) is 2.74. The molecule has 4 saturated carbocycles. The average Bonchev–Trinajstić information content (AvgIpc) is 3.22. The Morgan fingerprint density at radius 2 is 1.95 bits per heavy atom. The number of ether oxygens (including phenoxy) is 3. The molecule has 2 aliphatic heterocycles. The molecule has 12 atom stereocenters. The Bertz CT molecular complexity index is 969. The van der Waals surface area contributed by atoms with Gasteiger partial charge in [-0.1, -0.05) is 39.3 Å². The number of allylic oxidation sites excluding steroid dienone is 1. The van der Waals surface area contributed by atoms with Gasteiger partial charge in [0.05, 0.1) is 37.6 Å². The second-order valence-electron chi connectivity index (χ2n) is 15.3. The van der Waals surface area contributed by atoms with Crippen LogP contribution in [0.3, 0.4) is 0 Å². The van der Waals surface area contributed by atoms with Crippen molar-refractivity contribution in [1.82, 2.24) is 4.90 Å². The van der Waals surface area contributed by atoms with Gasteiger partial charge in [0, 0.05) is 37.6 Å². The molecule has 0 amide bonds. The van der Waals surface area contributed by atoms with Crippen molar-refractivity contribution in [3.63, 3.8) is 0 Å². The fourth-order valence-corrected chi connectivity index (χ4v) is 12.1. The number of nitrogens with zero attached hydrogens (tertiary/aromatic N) is 1. The summed E-state index contributed by atoms with van der Waals surface area (Å²) >= 11 is 0. The molecular weight excluding hydrogens is 474 g/mol. The lowest BCUT2D eigenvalue weighted by Gasteiger charge is -2.50. The summed E-state index contributed by atoms with van der Waals surface area (Å²) in [7, 11) is 1.74. The highest BCUT2D eigenvalue weighted by atomic mass is 16.5. The average molecular weight is 528 g/mol. The van der Waals surface area contributed by atoms with Gasteiger partial charge in [0.15, 0.2) is 0 Å². The Kier molecular flexibility index (Phi) is 6.27. The molecule has 5 heteroatoms. The lowest BCUT2D eigenvalue weighted by atomic mass is 9.56. The van der Waals surface area contributed by atoms with Crippen molar-refractivity contribution in [1.29, 1.82) is 0 Å². The van der Waals surface area contributed by atoms with E-state index in [0.717, 1.165) is 43.7 Å². The number of likely N-dealkylation sites (tertiary alicyclic amines) is 1. The Labute approximate surface area is 231 Å². The summed E-state index contributed by atoms with van der Waals surface area (Å²) in [5.74, 6) is 3.76. The second kappa shape index (κ2) is 9.02. The van der Waals surface area contributed by atoms with E-state index in [1.54, 1.807) is 12.7 Å². The van der Waals surface area contributed by atoms with E-state index in [1.165, 1.54) is 51.5 Å². The molecule has 0 bridgehead atoms. The molecule has 0 radical (unpaired) electrons. The molecule has 2 saturated heterocycles. The van der Waals surface area contributed by atoms with Crippen LogP contribution in [0.2, 0.25) is 0 Å². The molecule has 0 aromatic carbocycles. The minimum atomic E-state index is -0.117. The first-order valence-corrected chi connectivity index (χ1v) is 16.1. The van der Waals surface area contributed by atoms with Crippen LogP contribution in [0.5, 0.6) is 0 Å². The molecule has 2 heterocycles. The normalized spacial score (nSPS) is 55.1. The Hall–Kier alpha value is -0.460. The molecular formula is C33H53NO4. The van der Waals surface area contributed by atoms with Gasteiger partial charge in [0.1, 0.15) is 0 Å². The first-order chi connectivity index (χ1) is 18.2. The third kappa shape index (κ3) is 3.41. The SMILES string of the molecule is COCCOCCN1C[C@@H](C)C[C@H]2OC3(CC[C@H]4[C@@H]5CC=C6C[C@@H](O)CC[C@]6(C)[C@H]5CC45CC53C)[C@H](C)[C@@H]21. The summed E-state index contributed by atoms with van der Waals surface area (Å²) in [5.41, 5.74) is 2.73. The molecule has 7 aliphatic rings. The molecule has 5 aliphatic carbocycles. The molecule has 7 rings (SSSR count). The van der Waals surface area contributed by atoms with Crippen LogP contribution in [0.25, 0.3) is 0 Å². The van der Waals surface area contributed by atoms with E-state index >= 15 is 0 Å². The topological polar surface area (TPSA) is 51.2 Å². The molecule has 214 valence electrons. The van der Waals surface area contributed by atoms with Crippen molar-refractivity contribution in [3.8, 4) is 0 Å². The smallest absolute Gasteiger partial charge is 0.0787 e. The summed E-state index contributed by atoms with van der Waals surface area (Å²) in [6.07, 6.45) is 13.8. The number of piperidine rings is 1. The van der Waals surface area contributed by atoms with Gasteiger partial charge in [0.2, 0.25) is 0 Å². The third-order valence-electron chi connectivity index (χ3n) is 13.9. The van der Waals surface area contributed by atoms with Gasteiger partial charge in [-0.25, -0.2) is 0 Å². The zero-order chi connectivity index (χ0) is 26.5. The number of hydrogen-bond acceptors (Lipinski definition) is 5.